The first-order valence-corrected chi connectivity index (χ1v) is 11.8. The summed E-state index contributed by atoms with van der Waals surface area (Å²) in [6, 6.07) is 12.6. The number of alkyl halides is 2. The molecule has 1 saturated heterocycles. The quantitative estimate of drug-likeness (QED) is 0.405. The number of nitrogens with one attached hydrogen (secondary N) is 2. The summed E-state index contributed by atoms with van der Waals surface area (Å²) in [7, 11) is 1.51. The molecule has 0 spiro atoms. The number of halogens is 2. The molecule has 0 radical (unpaired) electrons. The number of terminal acetylenes is 1. The number of carbonyl (C=O) groups excluding carboxylic acids is 3. The molecule has 202 valence electrons. The second kappa shape index (κ2) is 12.9. The molecular weight excluding hydrogens is 500 g/mol. The van der Waals surface area contributed by atoms with E-state index in [4.69, 9.17) is 15.9 Å². The summed E-state index contributed by atoms with van der Waals surface area (Å²) >= 11 is 0. The second-order valence-electron chi connectivity index (χ2n) is 8.77. The van der Waals surface area contributed by atoms with Crippen molar-refractivity contribution in [2.24, 2.45) is 0 Å². The van der Waals surface area contributed by atoms with Gasteiger partial charge in [-0.3, -0.25) is 9.59 Å². The highest BCUT2D eigenvalue weighted by molar-refractivity contribution is 5.90. The van der Waals surface area contributed by atoms with Crippen molar-refractivity contribution in [3.8, 4) is 18.1 Å². The number of alkyl carbamates (subject to hydrolysis) is 1. The van der Waals surface area contributed by atoms with E-state index in [2.05, 4.69) is 16.6 Å². The molecule has 3 rings (SSSR count). The molecule has 3 unspecified atom stereocenters. The summed E-state index contributed by atoms with van der Waals surface area (Å²) in [5.41, 5.74) is 1.35. The minimum Gasteiger partial charge on any atom is -0.497 e. The summed E-state index contributed by atoms with van der Waals surface area (Å²) in [5, 5.41) is 15.9. The Balaban J connectivity index is 1.74. The van der Waals surface area contributed by atoms with Crippen LogP contribution in [0.5, 0.6) is 5.75 Å². The fourth-order valence-electron chi connectivity index (χ4n) is 4.09. The van der Waals surface area contributed by atoms with Gasteiger partial charge in [0.05, 0.1) is 19.7 Å². The van der Waals surface area contributed by atoms with Crippen LogP contribution in [0.15, 0.2) is 54.6 Å². The lowest BCUT2D eigenvalue weighted by atomic mass is 10.00. The highest BCUT2D eigenvalue weighted by atomic mass is 19.3. The van der Waals surface area contributed by atoms with Crippen molar-refractivity contribution < 1.29 is 37.7 Å². The molecule has 0 aromatic heterocycles. The van der Waals surface area contributed by atoms with Gasteiger partial charge < -0.3 is 30.1 Å². The summed E-state index contributed by atoms with van der Waals surface area (Å²) in [6.45, 7) is -1.36. The van der Waals surface area contributed by atoms with Crippen molar-refractivity contribution >= 4 is 17.9 Å². The number of benzene rings is 2. The van der Waals surface area contributed by atoms with E-state index in [1.165, 1.54) is 7.11 Å². The SMILES string of the molecule is C#CCOC(=O)NC(Cc1ccccc1)C(O)C(=O)N1CC(F)(F)CC1C(=O)NCc1ccc(OC)cc1. The van der Waals surface area contributed by atoms with E-state index < -0.39 is 55.0 Å². The Morgan fingerprint density at radius 1 is 1.16 bits per heavy atom. The van der Waals surface area contributed by atoms with Crippen LogP contribution in [0.2, 0.25) is 0 Å². The van der Waals surface area contributed by atoms with Crippen molar-refractivity contribution in [2.75, 3.05) is 20.3 Å². The molecule has 3 amide bonds. The number of carbonyl (C=O) groups is 3. The maximum Gasteiger partial charge on any atom is 0.408 e. The van der Waals surface area contributed by atoms with E-state index in [1.807, 2.05) is 0 Å². The number of aliphatic hydroxyl groups excluding tert-OH is 1. The third kappa shape index (κ3) is 7.66. The first kappa shape index (κ1) is 28.4. The Hall–Kier alpha value is -4.17. The van der Waals surface area contributed by atoms with Gasteiger partial charge in [-0.1, -0.05) is 48.4 Å². The van der Waals surface area contributed by atoms with Gasteiger partial charge in [0.2, 0.25) is 5.91 Å². The lowest BCUT2D eigenvalue weighted by molar-refractivity contribution is -0.147. The van der Waals surface area contributed by atoms with E-state index in [-0.39, 0.29) is 19.6 Å². The first-order chi connectivity index (χ1) is 18.1. The fraction of sp³-hybridized carbons (Fsp3) is 0.370. The lowest BCUT2D eigenvalue weighted by Crippen LogP contribution is -2.56. The van der Waals surface area contributed by atoms with E-state index in [0.717, 1.165) is 0 Å². The third-order valence-electron chi connectivity index (χ3n) is 6.00. The van der Waals surface area contributed by atoms with Gasteiger partial charge in [0.15, 0.2) is 12.7 Å². The normalized spacial score (nSPS) is 17.6. The zero-order chi connectivity index (χ0) is 27.7. The predicted molar refractivity (Wildman–Crippen MR) is 133 cm³/mol. The molecule has 11 heteroatoms. The van der Waals surface area contributed by atoms with Crippen LogP contribution in [0.25, 0.3) is 0 Å². The van der Waals surface area contributed by atoms with Crippen molar-refractivity contribution in [1.82, 2.24) is 15.5 Å². The van der Waals surface area contributed by atoms with Gasteiger partial charge in [-0.05, 0) is 29.7 Å². The van der Waals surface area contributed by atoms with Crippen molar-refractivity contribution in [1.29, 1.82) is 0 Å². The predicted octanol–water partition coefficient (Wildman–Crippen LogP) is 1.88. The third-order valence-corrected chi connectivity index (χ3v) is 6.00. The molecule has 1 heterocycles. The number of rotatable bonds is 10. The average molecular weight is 530 g/mol. The summed E-state index contributed by atoms with van der Waals surface area (Å²) in [6.07, 6.45) is 1.23. The molecule has 38 heavy (non-hydrogen) atoms. The van der Waals surface area contributed by atoms with Crippen LogP contribution in [0.4, 0.5) is 13.6 Å². The fourth-order valence-corrected chi connectivity index (χ4v) is 4.09. The van der Waals surface area contributed by atoms with E-state index in [0.29, 0.717) is 21.8 Å². The molecule has 0 saturated carbocycles. The second-order valence-corrected chi connectivity index (χ2v) is 8.77. The van der Waals surface area contributed by atoms with E-state index in [1.54, 1.807) is 54.6 Å². The van der Waals surface area contributed by atoms with E-state index in [9.17, 15) is 28.3 Å². The Morgan fingerprint density at radius 3 is 2.47 bits per heavy atom. The summed E-state index contributed by atoms with van der Waals surface area (Å²) < 4.78 is 38.7. The van der Waals surface area contributed by atoms with Gasteiger partial charge in [0, 0.05) is 13.0 Å². The molecule has 9 nitrogen and oxygen atoms in total. The van der Waals surface area contributed by atoms with Gasteiger partial charge in [-0.2, -0.15) is 0 Å². The van der Waals surface area contributed by atoms with Crippen LogP contribution in [-0.2, 0) is 27.3 Å². The summed E-state index contributed by atoms with van der Waals surface area (Å²) in [5.74, 6) is -2.52. The highest BCUT2D eigenvalue weighted by Gasteiger charge is 2.51. The molecule has 1 fully saturated rings. The molecular formula is C27H29F2N3O6. The molecule has 2 aromatic carbocycles. The maximum absolute atomic E-state index is 14.4. The van der Waals surface area contributed by atoms with Crippen LogP contribution < -0.4 is 15.4 Å². The van der Waals surface area contributed by atoms with Crippen LogP contribution in [0.3, 0.4) is 0 Å². The van der Waals surface area contributed by atoms with Crippen molar-refractivity contribution in [3.05, 3.63) is 65.7 Å². The van der Waals surface area contributed by atoms with Gasteiger partial charge in [-0.25, -0.2) is 13.6 Å². The molecule has 1 aliphatic rings. The molecule has 2 aromatic rings. The molecule has 0 aliphatic carbocycles. The van der Waals surface area contributed by atoms with Crippen molar-refractivity contribution in [2.45, 2.75) is 43.5 Å². The van der Waals surface area contributed by atoms with Gasteiger partial charge in [-0.15, -0.1) is 6.42 Å². The molecule has 1 aliphatic heterocycles. The standard InChI is InChI=1S/C27H29F2N3O6/c1-3-13-38-26(36)31-21(14-18-7-5-4-6-8-18)23(33)25(35)32-17-27(28,29)15-22(32)24(34)30-16-19-9-11-20(37-2)12-10-19/h1,4-12,21-23,33H,13-17H2,2H3,(H,30,34)(H,31,36). The zero-order valence-electron chi connectivity index (χ0n) is 20.7. The van der Waals surface area contributed by atoms with Gasteiger partial charge in [0.1, 0.15) is 11.8 Å². The lowest BCUT2D eigenvalue weighted by Gasteiger charge is -2.29. The number of ether oxygens (including phenoxy) is 2. The minimum absolute atomic E-state index is 0.0164. The topological polar surface area (TPSA) is 117 Å². The monoisotopic (exact) mass is 529 g/mol. The van der Waals surface area contributed by atoms with Crippen molar-refractivity contribution in [3.63, 3.8) is 0 Å². The van der Waals surface area contributed by atoms with Crippen LogP contribution in [0.1, 0.15) is 17.5 Å². The zero-order valence-corrected chi connectivity index (χ0v) is 20.7. The Kier molecular flexibility index (Phi) is 9.62. The molecule has 3 atom stereocenters. The van der Waals surface area contributed by atoms with Crippen LogP contribution >= 0.6 is 0 Å². The number of nitrogens with zero attached hydrogens (tertiary/aromatic N) is 1. The number of aliphatic hydroxyl groups is 1. The Bertz CT molecular complexity index is 1150. The number of hydrogen-bond acceptors (Lipinski definition) is 6. The number of likely N-dealkylation sites (tertiary alicyclic amines) is 1. The molecule has 3 N–H and O–H groups in total. The Labute approximate surface area is 219 Å². The number of hydrogen-bond donors (Lipinski definition) is 3. The first-order valence-electron chi connectivity index (χ1n) is 11.8. The highest BCUT2D eigenvalue weighted by Crippen LogP contribution is 2.33. The summed E-state index contributed by atoms with van der Waals surface area (Å²) in [4.78, 5) is 38.9. The van der Waals surface area contributed by atoms with Gasteiger partial charge >= 0.3 is 6.09 Å². The van der Waals surface area contributed by atoms with Crippen LogP contribution in [-0.4, -0.2) is 72.3 Å². The number of amides is 3. The van der Waals surface area contributed by atoms with E-state index >= 15 is 0 Å². The van der Waals surface area contributed by atoms with Gasteiger partial charge in [0.25, 0.3) is 11.8 Å². The molecule has 0 bridgehead atoms. The number of methoxy groups -OCH3 is 1. The largest absolute Gasteiger partial charge is 0.497 e. The smallest absolute Gasteiger partial charge is 0.408 e. The van der Waals surface area contributed by atoms with Crippen LogP contribution in [0, 0.1) is 12.3 Å². The Morgan fingerprint density at radius 2 is 1.84 bits per heavy atom. The average Bonchev–Trinajstić information content (AvgIpc) is 3.25. The minimum atomic E-state index is -3.34. The maximum atomic E-state index is 14.4.